The first kappa shape index (κ1) is 18.6. The van der Waals surface area contributed by atoms with E-state index in [1.54, 1.807) is 14.2 Å². The Balaban J connectivity index is 1.74. The molecule has 3 rings (SSSR count). The number of amides is 1. The Kier molecular flexibility index (Phi) is 6.04. The molecule has 1 fully saturated rings. The summed E-state index contributed by atoms with van der Waals surface area (Å²) in [5, 5.41) is 0. The van der Waals surface area contributed by atoms with Crippen LogP contribution in [0.4, 0.5) is 0 Å². The zero-order valence-electron chi connectivity index (χ0n) is 14.9. The van der Waals surface area contributed by atoms with Gasteiger partial charge in [0.05, 0.1) is 20.3 Å². The van der Waals surface area contributed by atoms with Crippen molar-refractivity contribution in [1.29, 1.82) is 0 Å². The highest BCUT2D eigenvalue weighted by molar-refractivity contribution is 9.10. The lowest BCUT2D eigenvalue weighted by molar-refractivity contribution is -0.134. The van der Waals surface area contributed by atoms with Gasteiger partial charge in [0.25, 0.3) is 5.91 Å². The van der Waals surface area contributed by atoms with Crippen LogP contribution in [0.2, 0.25) is 0 Å². The average molecular weight is 420 g/mol. The van der Waals surface area contributed by atoms with E-state index in [0.717, 1.165) is 34.4 Å². The minimum Gasteiger partial charge on any atom is -0.497 e. The molecule has 1 saturated heterocycles. The number of carbonyl (C=O) groups excluding carboxylic acids is 1. The van der Waals surface area contributed by atoms with E-state index in [1.807, 2.05) is 47.4 Å². The van der Waals surface area contributed by atoms with Gasteiger partial charge in [-0.05, 0) is 49.2 Å². The number of halogens is 1. The fraction of sp³-hybridized carbons (Fsp3) is 0.350. The molecule has 0 N–H and O–H groups in total. The van der Waals surface area contributed by atoms with E-state index in [2.05, 4.69) is 15.9 Å². The van der Waals surface area contributed by atoms with Crippen molar-refractivity contribution in [2.45, 2.75) is 18.9 Å². The van der Waals surface area contributed by atoms with E-state index in [9.17, 15) is 4.79 Å². The van der Waals surface area contributed by atoms with E-state index < -0.39 is 0 Å². The number of methoxy groups -OCH3 is 2. The molecule has 1 aliphatic heterocycles. The van der Waals surface area contributed by atoms with E-state index in [1.165, 1.54) is 0 Å². The van der Waals surface area contributed by atoms with Crippen LogP contribution in [0.5, 0.6) is 17.2 Å². The number of ether oxygens (including phenoxy) is 3. The maximum atomic E-state index is 12.8. The SMILES string of the molecule is COc1ccc(OC)c([C@H]2CCCN2C(=O)COc2cccc(Br)c2)c1. The number of rotatable bonds is 6. The van der Waals surface area contributed by atoms with E-state index in [-0.39, 0.29) is 18.6 Å². The summed E-state index contributed by atoms with van der Waals surface area (Å²) in [4.78, 5) is 14.6. The van der Waals surface area contributed by atoms with Crippen LogP contribution in [-0.4, -0.2) is 38.2 Å². The third-order valence-electron chi connectivity index (χ3n) is 4.53. The highest BCUT2D eigenvalue weighted by atomic mass is 79.9. The van der Waals surface area contributed by atoms with Gasteiger partial charge in [0.2, 0.25) is 0 Å². The van der Waals surface area contributed by atoms with Gasteiger partial charge in [0.1, 0.15) is 17.2 Å². The number of hydrogen-bond acceptors (Lipinski definition) is 4. The first-order valence-electron chi connectivity index (χ1n) is 8.52. The zero-order valence-corrected chi connectivity index (χ0v) is 16.5. The van der Waals surface area contributed by atoms with Crippen LogP contribution in [0, 0.1) is 0 Å². The first-order valence-corrected chi connectivity index (χ1v) is 9.31. The number of hydrogen-bond donors (Lipinski definition) is 0. The van der Waals surface area contributed by atoms with Crippen LogP contribution in [-0.2, 0) is 4.79 Å². The van der Waals surface area contributed by atoms with Gasteiger partial charge in [0, 0.05) is 16.6 Å². The number of likely N-dealkylation sites (tertiary alicyclic amines) is 1. The van der Waals surface area contributed by atoms with Gasteiger partial charge in [-0.1, -0.05) is 22.0 Å². The lowest BCUT2D eigenvalue weighted by Gasteiger charge is -2.26. The molecule has 0 radical (unpaired) electrons. The molecule has 1 atom stereocenters. The van der Waals surface area contributed by atoms with Crippen molar-refractivity contribution in [1.82, 2.24) is 4.90 Å². The Morgan fingerprint density at radius 2 is 2.00 bits per heavy atom. The van der Waals surface area contributed by atoms with Crippen molar-refractivity contribution in [2.75, 3.05) is 27.4 Å². The third-order valence-corrected chi connectivity index (χ3v) is 5.02. The molecule has 1 aliphatic rings. The largest absolute Gasteiger partial charge is 0.497 e. The van der Waals surface area contributed by atoms with Crippen LogP contribution in [0.1, 0.15) is 24.4 Å². The van der Waals surface area contributed by atoms with Gasteiger partial charge in [-0.2, -0.15) is 0 Å². The summed E-state index contributed by atoms with van der Waals surface area (Å²) >= 11 is 3.40. The molecule has 26 heavy (non-hydrogen) atoms. The smallest absolute Gasteiger partial charge is 0.261 e. The minimum atomic E-state index is -0.0302. The van der Waals surface area contributed by atoms with E-state index >= 15 is 0 Å². The Hall–Kier alpha value is -2.21. The average Bonchev–Trinajstić information content (AvgIpc) is 3.15. The zero-order chi connectivity index (χ0) is 18.5. The van der Waals surface area contributed by atoms with Crippen LogP contribution >= 0.6 is 15.9 Å². The van der Waals surface area contributed by atoms with Crippen molar-refractivity contribution in [2.24, 2.45) is 0 Å². The number of benzene rings is 2. The molecule has 1 heterocycles. The highest BCUT2D eigenvalue weighted by Gasteiger charge is 2.32. The summed E-state index contributed by atoms with van der Waals surface area (Å²) in [5.41, 5.74) is 0.972. The number of carbonyl (C=O) groups is 1. The predicted molar refractivity (Wildman–Crippen MR) is 103 cm³/mol. The molecule has 0 aliphatic carbocycles. The molecular formula is C20H22BrNO4. The fourth-order valence-corrected chi connectivity index (χ4v) is 3.65. The summed E-state index contributed by atoms with van der Waals surface area (Å²) in [5.74, 6) is 2.16. The molecular weight excluding hydrogens is 398 g/mol. The second-order valence-electron chi connectivity index (χ2n) is 6.10. The van der Waals surface area contributed by atoms with Crippen molar-refractivity contribution in [3.63, 3.8) is 0 Å². The predicted octanol–water partition coefficient (Wildman–Crippen LogP) is 4.21. The summed E-state index contributed by atoms with van der Waals surface area (Å²) in [6.07, 6.45) is 1.85. The molecule has 5 nitrogen and oxygen atoms in total. The van der Waals surface area contributed by atoms with Gasteiger partial charge in [-0.3, -0.25) is 4.79 Å². The van der Waals surface area contributed by atoms with Crippen LogP contribution in [0.15, 0.2) is 46.9 Å². The molecule has 2 aromatic carbocycles. The molecule has 0 saturated carbocycles. The quantitative estimate of drug-likeness (QED) is 0.703. The Bertz CT molecular complexity index is 780. The van der Waals surface area contributed by atoms with Crippen LogP contribution < -0.4 is 14.2 Å². The third kappa shape index (κ3) is 4.12. The second kappa shape index (κ2) is 8.45. The molecule has 0 aromatic heterocycles. The normalized spacial score (nSPS) is 16.4. The first-order chi connectivity index (χ1) is 12.6. The molecule has 0 unspecified atom stereocenters. The molecule has 2 aromatic rings. The van der Waals surface area contributed by atoms with Gasteiger partial charge < -0.3 is 19.1 Å². The van der Waals surface area contributed by atoms with E-state index in [0.29, 0.717) is 12.3 Å². The highest BCUT2D eigenvalue weighted by Crippen LogP contribution is 2.39. The molecule has 6 heteroatoms. The molecule has 1 amide bonds. The summed E-state index contributed by atoms with van der Waals surface area (Å²) < 4.78 is 17.4. The van der Waals surface area contributed by atoms with Gasteiger partial charge in [-0.25, -0.2) is 0 Å². The number of nitrogens with zero attached hydrogens (tertiary/aromatic N) is 1. The maximum absolute atomic E-state index is 12.8. The van der Waals surface area contributed by atoms with Crippen molar-refractivity contribution < 1.29 is 19.0 Å². The van der Waals surface area contributed by atoms with Gasteiger partial charge in [-0.15, -0.1) is 0 Å². The molecule has 138 valence electrons. The Morgan fingerprint density at radius 3 is 2.73 bits per heavy atom. The monoisotopic (exact) mass is 419 g/mol. The van der Waals surface area contributed by atoms with E-state index in [4.69, 9.17) is 14.2 Å². The summed E-state index contributed by atoms with van der Waals surface area (Å²) in [6, 6.07) is 13.1. The van der Waals surface area contributed by atoms with Gasteiger partial charge >= 0.3 is 0 Å². The van der Waals surface area contributed by atoms with Crippen molar-refractivity contribution in [3.8, 4) is 17.2 Å². The Morgan fingerprint density at radius 1 is 1.15 bits per heavy atom. The van der Waals surface area contributed by atoms with Crippen molar-refractivity contribution >= 4 is 21.8 Å². The summed E-state index contributed by atoms with van der Waals surface area (Å²) in [6.45, 7) is 0.727. The molecule has 0 bridgehead atoms. The standard InChI is InChI=1S/C20H22BrNO4/c1-24-15-8-9-19(25-2)17(12-15)18-7-4-10-22(18)20(23)13-26-16-6-3-5-14(21)11-16/h3,5-6,8-9,11-12,18H,4,7,10,13H2,1-2H3/t18-/m1/s1. The minimum absolute atomic E-state index is 0.0131. The topological polar surface area (TPSA) is 48.0 Å². The van der Waals surface area contributed by atoms with Crippen LogP contribution in [0.3, 0.4) is 0 Å². The lowest BCUT2D eigenvalue weighted by Crippen LogP contribution is -2.34. The molecule has 0 spiro atoms. The van der Waals surface area contributed by atoms with Crippen LogP contribution in [0.25, 0.3) is 0 Å². The Labute approximate surface area is 162 Å². The fourth-order valence-electron chi connectivity index (χ4n) is 3.27. The summed E-state index contributed by atoms with van der Waals surface area (Å²) in [7, 11) is 3.28. The second-order valence-corrected chi connectivity index (χ2v) is 7.01. The maximum Gasteiger partial charge on any atom is 0.261 e. The lowest BCUT2D eigenvalue weighted by atomic mass is 10.0. The van der Waals surface area contributed by atoms with Crippen molar-refractivity contribution in [3.05, 3.63) is 52.5 Å². The van der Waals surface area contributed by atoms with Gasteiger partial charge in [0.15, 0.2) is 6.61 Å².